The topological polar surface area (TPSA) is 121 Å². The van der Waals surface area contributed by atoms with Crippen LogP contribution in [0.5, 0.6) is 0 Å². The van der Waals surface area contributed by atoms with Crippen LogP contribution in [0, 0.1) is 0 Å². The van der Waals surface area contributed by atoms with Crippen LogP contribution in [0.25, 0.3) is 21.5 Å². The number of carbonyl (C=O) groups is 3. The van der Waals surface area contributed by atoms with E-state index in [1.54, 1.807) is 48.5 Å². The Morgan fingerprint density at radius 2 is 1.49 bits per heavy atom. The number of carboxylic acid groups (broad SMARTS) is 1. The van der Waals surface area contributed by atoms with Crippen molar-refractivity contribution in [3.63, 3.8) is 0 Å². The molecule has 1 aliphatic heterocycles. The Morgan fingerprint density at radius 3 is 2.08 bits per heavy atom. The Kier molecular flexibility index (Phi) is 8.28. The molecule has 6 rings (SSSR count). The van der Waals surface area contributed by atoms with Crippen molar-refractivity contribution in [1.82, 2.24) is 0 Å². The number of nitrogens with zero attached hydrogens (tertiary/aromatic N) is 1. The van der Waals surface area contributed by atoms with Gasteiger partial charge in [0.25, 0.3) is 0 Å². The van der Waals surface area contributed by atoms with Crippen LogP contribution in [0.1, 0.15) is 42.9 Å². The predicted octanol–water partition coefficient (Wildman–Crippen LogP) is 3.58. The van der Waals surface area contributed by atoms with Crippen molar-refractivity contribution < 1.29 is 34.3 Å². The lowest BCUT2D eigenvalue weighted by Crippen LogP contribution is -2.22. The van der Waals surface area contributed by atoms with E-state index < -0.39 is 18.2 Å². The molecule has 1 aliphatic rings. The summed E-state index contributed by atoms with van der Waals surface area (Å²) in [7, 11) is 4.05. The van der Waals surface area contributed by atoms with Crippen LogP contribution in [-0.2, 0) is 4.74 Å². The van der Waals surface area contributed by atoms with Gasteiger partial charge in [0.2, 0.25) is 6.29 Å². The molecule has 8 heteroatoms. The molecular formula is C31H26N2O6. The molecule has 1 atom stereocenters. The Labute approximate surface area is 224 Å². The van der Waals surface area contributed by atoms with Gasteiger partial charge in [-0.2, -0.15) is 0 Å². The maximum absolute atomic E-state index is 11.5. The van der Waals surface area contributed by atoms with Crippen molar-refractivity contribution in [2.75, 3.05) is 19.0 Å². The fourth-order valence-corrected chi connectivity index (χ4v) is 4.29. The normalized spacial score (nSPS) is 13.3. The van der Waals surface area contributed by atoms with Gasteiger partial charge in [0.15, 0.2) is 18.7 Å². The summed E-state index contributed by atoms with van der Waals surface area (Å²) >= 11 is 0. The smallest absolute Gasteiger partial charge is 0.341 e. The number of aromatic carboxylic acids is 1. The van der Waals surface area contributed by atoms with Crippen molar-refractivity contribution in [3.05, 3.63) is 120 Å². The number of pyridine rings is 1. The van der Waals surface area contributed by atoms with Crippen molar-refractivity contribution in [2.45, 2.75) is 6.29 Å². The summed E-state index contributed by atoms with van der Waals surface area (Å²) in [4.78, 5) is 38.2. The third-order valence-electron chi connectivity index (χ3n) is 6.14. The minimum Gasteiger partial charge on any atom is -0.545 e. The van der Waals surface area contributed by atoms with Gasteiger partial charge in [0, 0.05) is 59.4 Å². The van der Waals surface area contributed by atoms with E-state index in [2.05, 4.69) is 9.88 Å². The second-order valence-corrected chi connectivity index (χ2v) is 8.82. The van der Waals surface area contributed by atoms with Gasteiger partial charge in [0.05, 0.1) is 11.5 Å². The SMILES string of the molecule is CN(C)c1cc[nH+]cc1.O=C1O[C@@H](O)c2cccc3cccc1c23.O=Cc1cccc2cccc(C(=O)[O-])c12. The molecule has 1 aromatic heterocycles. The number of anilines is 1. The number of fused-ring (bicyclic) bond motifs is 1. The van der Waals surface area contributed by atoms with Gasteiger partial charge in [-0.05, 0) is 16.8 Å². The van der Waals surface area contributed by atoms with Crippen molar-refractivity contribution in [3.8, 4) is 0 Å². The van der Waals surface area contributed by atoms with E-state index in [9.17, 15) is 24.6 Å². The molecule has 0 saturated heterocycles. The highest BCUT2D eigenvalue weighted by Crippen LogP contribution is 2.33. The summed E-state index contributed by atoms with van der Waals surface area (Å²) in [6, 6.07) is 24.9. The predicted molar refractivity (Wildman–Crippen MR) is 145 cm³/mol. The number of aldehydes is 1. The molecular weight excluding hydrogens is 496 g/mol. The number of aromatic amines is 1. The summed E-state index contributed by atoms with van der Waals surface area (Å²) in [5.41, 5.74) is 2.81. The molecule has 5 aromatic rings. The molecule has 0 fully saturated rings. The molecule has 0 bridgehead atoms. The molecule has 8 nitrogen and oxygen atoms in total. The number of hydrogen-bond donors (Lipinski definition) is 1. The number of rotatable bonds is 3. The number of ether oxygens (including phenoxy) is 1. The number of carboxylic acids is 1. The third-order valence-corrected chi connectivity index (χ3v) is 6.14. The molecule has 0 aliphatic carbocycles. The van der Waals surface area contributed by atoms with Crippen LogP contribution in [0.15, 0.2) is 97.3 Å². The van der Waals surface area contributed by atoms with Gasteiger partial charge in [-0.1, -0.05) is 66.7 Å². The van der Waals surface area contributed by atoms with E-state index in [0.717, 1.165) is 16.2 Å². The Hall–Kier alpha value is -5.08. The Balaban J connectivity index is 0.000000141. The summed E-state index contributed by atoms with van der Waals surface area (Å²) in [5, 5.41) is 23.4. The standard InChI is InChI=1S/2C12H8O3.C7H10N2/c13-11-8-5-1-3-7-4-2-6-9(10(7)8)12(14)15-11;13-7-9-5-1-3-8-4-2-6-10(11(8)9)12(14)15;1-9(2)7-3-5-8-6-4-7/h1-6,11,13H;1-7H,(H,14,15);3-6H,1-2H3/t11-;;/m1../s1. The summed E-state index contributed by atoms with van der Waals surface area (Å²) in [6.45, 7) is 0. The first-order valence-corrected chi connectivity index (χ1v) is 12.0. The summed E-state index contributed by atoms with van der Waals surface area (Å²) in [5.74, 6) is -1.73. The van der Waals surface area contributed by atoms with Crippen LogP contribution in [0.2, 0.25) is 0 Å². The highest BCUT2D eigenvalue weighted by molar-refractivity contribution is 6.09. The van der Waals surface area contributed by atoms with E-state index in [1.165, 1.54) is 11.8 Å². The molecule has 0 spiro atoms. The van der Waals surface area contributed by atoms with Crippen molar-refractivity contribution >= 4 is 45.5 Å². The second-order valence-electron chi connectivity index (χ2n) is 8.82. The first-order chi connectivity index (χ1) is 18.8. The Morgan fingerprint density at radius 1 is 0.897 bits per heavy atom. The molecule has 0 unspecified atom stereocenters. The minimum atomic E-state index is -1.27. The second kappa shape index (κ2) is 12.0. The first kappa shape index (κ1) is 27.0. The largest absolute Gasteiger partial charge is 0.545 e. The maximum Gasteiger partial charge on any atom is 0.341 e. The van der Waals surface area contributed by atoms with Crippen molar-refractivity contribution in [2.24, 2.45) is 0 Å². The van der Waals surface area contributed by atoms with Gasteiger partial charge >= 0.3 is 5.97 Å². The zero-order chi connectivity index (χ0) is 27.9. The van der Waals surface area contributed by atoms with E-state index in [-0.39, 0.29) is 5.56 Å². The zero-order valence-electron chi connectivity index (χ0n) is 21.3. The van der Waals surface area contributed by atoms with Gasteiger partial charge in [-0.25, -0.2) is 9.78 Å². The average molecular weight is 523 g/mol. The molecule has 39 heavy (non-hydrogen) atoms. The summed E-state index contributed by atoms with van der Waals surface area (Å²) in [6.07, 6.45) is 3.33. The monoisotopic (exact) mass is 522 g/mol. The molecule has 0 amide bonds. The molecule has 2 heterocycles. The molecule has 4 aromatic carbocycles. The number of H-pyrrole nitrogens is 1. The molecule has 196 valence electrons. The lowest BCUT2D eigenvalue weighted by Gasteiger charge is -2.21. The van der Waals surface area contributed by atoms with E-state index in [0.29, 0.717) is 28.4 Å². The molecule has 2 N–H and O–H groups in total. The number of aromatic nitrogens is 1. The number of carbonyl (C=O) groups excluding carboxylic acids is 3. The lowest BCUT2D eigenvalue weighted by atomic mass is 9.97. The third kappa shape index (κ3) is 5.92. The van der Waals surface area contributed by atoms with Crippen LogP contribution in [0.4, 0.5) is 5.69 Å². The van der Waals surface area contributed by atoms with Gasteiger partial charge in [-0.3, -0.25) is 4.79 Å². The number of benzene rings is 4. The van der Waals surface area contributed by atoms with Crippen LogP contribution >= 0.6 is 0 Å². The fraction of sp³-hybridized carbons (Fsp3) is 0.0968. The first-order valence-electron chi connectivity index (χ1n) is 12.0. The van der Waals surface area contributed by atoms with E-state index in [4.69, 9.17) is 4.74 Å². The molecule has 0 radical (unpaired) electrons. The minimum absolute atomic E-state index is 0.0511. The Bertz CT molecular complexity index is 1640. The number of hydrogen-bond acceptors (Lipinski definition) is 7. The number of aliphatic hydroxyl groups is 1. The van der Waals surface area contributed by atoms with E-state index in [1.807, 2.05) is 56.8 Å². The van der Waals surface area contributed by atoms with Gasteiger partial charge in [-0.15, -0.1) is 0 Å². The number of nitrogens with one attached hydrogen (secondary N) is 1. The van der Waals surface area contributed by atoms with Crippen LogP contribution in [-0.4, -0.2) is 37.4 Å². The van der Waals surface area contributed by atoms with Crippen LogP contribution < -0.4 is 15.0 Å². The number of esters is 1. The fourth-order valence-electron chi connectivity index (χ4n) is 4.29. The molecule has 0 saturated carbocycles. The maximum atomic E-state index is 11.5. The van der Waals surface area contributed by atoms with Crippen LogP contribution in [0.3, 0.4) is 0 Å². The van der Waals surface area contributed by atoms with E-state index >= 15 is 0 Å². The highest BCUT2D eigenvalue weighted by Gasteiger charge is 2.26. The summed E-state index contributed by atoms with van der Waals surface area (Å²) < 4.78 is 4.82. The van der Waals surface area contributed by atoms with Gasteiger partial charge in [0.1, 0.15) is 0 Å². The zero-order valence-corrected chi connectivity index (χ0v) is 21.3. The number of cyclic esters (lactones) is 1. The van der Waals surface area contributed by atoms with Gasteiger partial charge < -0.3 is 24.6 Å². The van der Waals surface area contributed by atoms with Crippen molar-refractivity contribution in [1.29, 1.82) is 0 Å². The lowest BCUT2D eigenvalue weighted by molar-refractivity contribution is -0.377. The highest BCUT2D eigenvalue weighted by atomic mass is 16.6. The number of aliphatic hydroxyl groups excluding tert-OH is 1. The average Bonchev–Trinajstić information content (AvgIpc) is 2.96. The quantitative estimate of drug-likeness (QED) is 0.284.